The summed E-state index contributed by atoms with van der Waals surface area (Å²) in [6.45, 7) is 0.275. The van der Waals surface area contributed by atoms with Crippen molar-refractivity contribution in [3.63, 3.8) is 0 Å². The van der Waals surface area contributed by atoms with Gasteiger partial charge in [-0.1, -0.05) is 6.07 Å². The van der Waals surface area contributed by atoms with E-state index >= 15 is 0 Å². The predicted molar refractivity (Wildman–Crippen MR) is 125 cm³/mol. The third-order valence-corrected chi connectivity index (χ3v) is 6.15. The maximum absolute atomic E-state index is 12.5. The number of hydrogen-bond donors (Lipinski definition) is 0. The molecule has 7 heteroatoms. The summed E-state index contributed by atoms with van der Waals surface area (Å²) >= 11 is 0. The Morgan fingerprint density at radius 2 is 1.88 bits per heavy atom. The van der Waals surface area contributed by atoms with Crippen LogP contribution in [0.15, 0.2) is 64.3 Å². The molecule has 170 valence electrons. The largest absolute Gasteiger partial charge is 0.497 e. The lowest BCUT2D eigenvalue weighted by Crippen LogP contribution is -2.22. The van der Waals surface area contributed by atoms with Gasteiger partial charge >= 0.3 is 5.69 Å². The summed E-state index contributed by atoms with van der Waals surface area (Å²) in [7, 11) is 3.27. The van der Waals surface area contributed by atoms with E-state index in [1.54, 1.807) is 37.4 Å². The lowest BCUT2D eigenvalue weighted by atomic mass is 10.1. The number of nitrogens with zero attached hydrogens (tertiary/aromatic N) is 2. The highest BCUT2D eigenvalue weighted by Crippen LogP contribution is 2.35. The molecule has 0 saturated heterocycles. The van der Waals surface area contributed by atoms with Gasteiger partial charge in [0.15, 0.2) is 11.5 Å². The molecule has 2 aromatic carbocycles. The minimum Gasteiger partial charge on any atom is -0.497 e. The average Bonchev–Trinajstić information content (AvgIpc) is 3.50. The van der Waals surface area contributed by atoms with Gasteiger partial charge in [0.1, 0.15) is 11.5 Å². The Kier molecular flexibility index (Phi) is 5.77. The van der Waals surface area contributed by atoms with E-state index in [9.17, 15) is 4.79 Å². The zero-order chi connectivity index (χ0) is 22.8. The number of hydrogen-bond acceptors (Lipinski definition) is 6. The number of ether oxygens (including phenoxy) is 3. The lowest BCUT2D eigenvalue weighted by Gasteiger charge is -2.17. The Bertz CT molecular complexity index is 1330. The summed E-state index contributed by atoms with van der Waals surface area (Å²) in [4.78, 5) is 16.6. The van der Waals surface area contributed by atoms with E-state index in [-0.39, 0.29) is 18.3 Å². The monoisotopic (exact) mass is 446 g/mol. The molecule has 0 bridgehead atoms. The van der Waals surface area contributed by atoms with Crippen LogP contribution >= 0.6 is 0 Å². The van der Waals surface area contributed by atoms with Crippen molar-refractivity contribution < 1.29 is 18.6 Å². The summed E-state index contributed by atoms with van der Waals surface area (Å²) in [6, 6.07) is 11.5. The fraction of sp³-hybridized carbons (Fsp3) is 0.308. The van der Waals surface area contributed by atoms with Gasteiger partial charge in [-0.05, 0) is 61.6 Å². The van der Waals surface area contributed by atoms with Gasteiger partial charge in [-0.3, -0.25) is 4.57 Å². The fourth-order valence-electron chi connectivity index (χ4n) is 4.35. The molecule has 0 atom stereocenters. The van der Waals surface area contributed by atoms with Crippen LogP contribution in [0.25, 0.3) is 21.9 Å². The van der Waals surface area contributed by atoms with Crippen molar-refractivity contribution in [2.75, 3.05) is 14.2 Å². The van der Waals surface area contributed by atoms with E-state index in [1.165, 1.54) is 12.8 Å². The molecule has 0 amide bonds. The Morgan fingerprint density at radius 1 is 1.03 bits per heavy atom. The van der Waals surface area contributed by atoms with Crippen molar-refractivity contribution in [1.82, 2.24) is 9.55 Å². The molecule has 5 rings (SSSR count). The van der Waals surface area contributed by atoms with Gasteiger partial charge in [0.2, 0.25) is 0 Å². The molecular weight excluding hydrogens is 420 g/mol. The van der Waals surface area contributed by atoms with E-state index in [4.69, 9.17) is 18.6 Å². The molecular formula is C26H26N2O5. The molecule has 0 aliphatic heterocycles. The first-order valence-electron chi connectivity index (χ1n) is 11.1. The second kappa shape index (κ2) is 9.02. The van der Waals surface area contributed by atoms with Gasteiger partial charge < -0.3 is 18.6 Å². The quantitative estimate of drug-likeness (QED) is 0.396. The first kappa shape index (κ1) is 21.1. The van der Waals surface area contributed by atoms with Gasteiger partial charge in [-0.25, -0.2) is 9.78 Å². The molecule has 1 aliphatic rings. The fourth-order valence-corrected chi connectivity index (χ4v) is 4.35. The second-order valence-corrected chi connectivity index (χ2v) is 8.26. The molecule has 0 radical (unpaired) electrons. The maximum Gasteiger partial charge on any atom is 0.347 e. The number of aromatic nitrogens is 2. The van der Waals surface area contributed by atoms with Crippen LogP contribution in [-0.2, 0) is 6.54 Å². The molecule has 2 heterocycles. The van der Waals surface area contributed by atoms with Gasteiger partial charge in [0, 0.05) is 28.7 Å². The van der Waals surface area contributed by atoms with Gasteiger partial charge in [-0.15, -0.1) is 0 Å². The Hall–Kier alpha value is -3.74. The third-order valence-electron chi connectivity index (χ3n) is 6.15. The normalized spacial score (nSPS) is 14.0. The molecule has 1 aliphatic carbocycles. The molecule has 1 saturated carbocycles. The Balaban J connectivity index is 1.46. The summed E-state index contributed by atoms with van der Waals surface area (Å²) in [6.07, 6.45) is 9.77. The van der Waals surface area contributed by atoms with Crippen LogP contribution in [0.1, 0.15) is 31.4 Å². The zero-order valence-electron chi connectivity index (χ0n) is 18.7. The molecule has 33 heavy (non-hydrogen) atoms. The highest BCUT2D eigenvalue weighted by molar-refractivity contribution is 5.85. The second-order valence-electron chi connectivity index (χ2n) is 8.26. The Morgan fingerprint density at radius 3 is 2.67 bits per heavy atom. The molecule has 4 aromatic rings. The Labute approximate surface area is 191 Å². The van der Waals surface area contributed by atoms with Crippen LogP contribution in [-0.4, -0.2) is 29.9 Å². The first-order chi connectivity index (χ1) is 16.1. The average molecular weight is 447 g/mol. The summed E-state index contributed by atoms with van der Waals surface area (Å²) in [5.74, 6) is 2.86. The molecule has 2 aromatic heterocycles. The first-order valence-corrected chi connectivity index (χ1v) is 11.1. The minimum absolute atomic E-state index is 0.215. The highest BCUT2D eigenvalue weighted by atomic mass is 16.5. The van der Waals surface area contributed by atoms with Crippen molar-refractivity contribution in [2.45, 2.75) is 38.3 Å². The van der Waals surface area contributed by atoms with E-state index in [2.05, 4.69) is 4.98 Å². The van der Waals surface area contributed by atoms with E-state index in [0.717, 1.165) is 40.5 Å². The number of fused-ring (bicyclic) bond motifs is 1. The zero-order valence-corrected chi connectivity index (χ0v) is 18.7. The predicted octanol–water partition coefficient (Wildman–Crippen LogP) is 5.04. The van der Waals surface area contributed by atoms with Gasteiger partial charge in [-0.2, -0.15) is 0 Å². The van der Waals surface area contributed by atoms with Crippen LogP contribution < -0.4 is 19.9 Å². The van der Waals surface area contributed by atoms with Gasteiger partial charge in [0.05, 0.1) is 33.1 Å². The summed E-state index contributed by atoms with van der Waals surface area (Å²) < 4.78 is 24.3. The summed E-state index contributed by atoms with van der Waals surface area (Å²) in [5, 5.41) is 1.86. The van der Waals surface area contributed by atoms with Crippen LogP contribution in [0.5, 0.6) is 17.2 Å². The van der Waals surface area contributed by atoms with Crippen LogP contribution in [0.3, 0.4) is 0 Å². The SMILES string of the molecule is COc1ccc2c(Cn3cc(-c4ccc(OC)c(OC5CCCC5)c4)cnc3=O)occ2c1. The smallest absolute Gasteiger partial charge is 0.347 e. The van der Waals surface area contributed by atoms with Crippen molar-refractivity contribution in [3.05, 3.63) is 71.3 Å². The van der Waals surface area contributed by atoms with Crippen molar-refractivity contribution >= 4 is 10.8 Å². The molecule has 7 nitrogen and oxygen atoms in total. The van der Waals surface area contributed by atoms with Crippen molar-refractivity contribution in [3.8, 4) is 28.4 Å². The standard InChI is InChI=1S/C26H26N2O5/c1-30-21-8-9-22-18(11-21)16-32-25(22)15-28-14-19(13-27-26(28)29)17-7-10-23(31-2)24(12-17)33-20-5-3-4-6-20/h7-14,16,20H,3-6,15H2,1-2H3. The minimum atomic E-state index is -0.340. The molecule has 0 unspecified atom stereocenters. The third kappa shape index (κ3) is 4.31. The van der Waals surface area contributed by atoms with Crippen molar-refractivity contribution in [1.29, 1.82) is 0 Å². The van der Waals surface area contributed by atoms with Crippen molar-refractivity contribution in [2.24, 2.45) is 0 Å². The number of rotatable bonds is 7. The topological polar surface area (TPSA) is 75.7 Å². The van der Waals surface area contributed by atoms with E-state index in [1.807, 2.05) is 36.4 Å². The van der Waals surface area contributed by atoms with Crippen LogP contribution in [0, 0.1) is 0 Å². The highest BCUT2D eigenvalue weighted by Gasteiger charge is 2.19. The number of benzene rings is 2. The summed E-state index contributed by atoms with van der Waals surface area (Å²) in [5.41, 5.74) is 1.37. The molecule has 0 N–H and O–H groups in total. The number of furan rings is 1. The molecule has 1 fully saturated rings. The van der Waals surface area contributed by atoms with Crippen LogP contribution in [0.2, 0.25) is 0 Å². The lowest BCUT2D eigenvalue weighted by molar-refractivity contribution is 0.201. The number of methoxy groups -OCH3 is 2. The van der Waals surface area contributed by atoms with Crippen LogP contribution in [0.4, 0.5) is 0 Å². The van der Waals surface area contributed by atoms with E-state index < -0.39 is 0 Å². The molecule has 0 spiro atoms. The van der Waals surface area contributed by atoms with Gasteiger partial charge in [0.25, 0.3) is 0 Å². The maximum atomic E-state index is 12.5. The van der Waals surface area contributed by atoms with E-state index in [0.29, 0.717) is 17.3 Å².